The number of rotatable bonds is 7. The van der Waals surface area contributed by atoms with E-state index in [2.05, 4.69) is 0 Å². The van der Waals surface area contributed by atoms with E-state index in [4.69, 9.17) is 25.8 Å². The van der Waals surface area contributed by atoms with E-state index >= 15 is 0 Å². The van der Waals surface area contributed by atoms with E-state index in [1.807, 2.05) is 0 Å². The normalized spacial score (nSPS) is 21.7. The largest absolute Gasteiger partial charge is 0.465 e. The quantitative estimate of drug-likeness (QED) is 0.377. The van der Waals surface area contributed by atoms with Crippen molar-refractivity contribution in [2.75, 3.05) is 19.8 Å². The summed E-state index contributed by atoms with van der Waals surface area (Å²) in [5.41, 5.74) is -1.76. The third-order valence-corrected chi connectivity index (χ3v) is 3.78. The molecule has 8 nitrogen and oxygen atoms in total. The molecule has 0 radical (unpaired) electrons. The molecule has 23 heavy (non-hydrogen) atoms. The van der Waals surface area contributed by atoms with Gasteiger partial charge in [0.15, 0.2) is 5.38 Å². The van der Waals surface area contributed by atoms with Crippen molar-refractivity contribution in [3.05, 3.63) is 0 Å². The van der Waals surface area contributed by atoms with Crippen LogP contribution < -0.4 is 0 Å². The van der Waals surface area contributed by atoms with Crippen LogP contribution in [0.15, 0.2) is 0 Å². The van der Waals surface area contributed by atoms with Crippen molar-refractivity contribution in [2.45, 2.75) is 44.7 Å². The zero-order valence-electron chi connectivity index (χ0n) is 13.3. The van der Waals surface area contributed by atoms with Crippen LogP contribution in [0.1, 0.15) is 33.6 Å². The van der Waals surface area contributed by atoms with Crippen LogP contribution in [0.25, 0.3) is 0 Å². The third-order valence-electron chi connectivity index (χ3n) is 3.26. The molecule has 1 rings (SSSR count). The number of carbonyl (C=O) groups is 4. The maximum atomic E-state index is 12.1. The number of amides is 1. The van der Waals surface area contributed by atoms with Crippen LogP contribution >= 0.6 is 11.6 Å². The third kappa shape index (κ3) is 4.34. The van der Waals surface area contributed by atoms with E-state index in [-0.39, 0.29) is 26.1 Å². The molecule has 0 saturated carbocycles. The zero-order valence-corrected chi connectivity index (χ0v) is 14.1. The summed E-state index contributed by atoms with van der Waals surface area (Å²) in [4.78, 5) is 48.3. The number of esters is 3. The topological polar surface area (TPSA) is 99.2 Å². The molecule has 9 heteroatoms. The van der Waals surface area contributed by atoms with E-state index < -0.39 is 41.5 Å². The van der Waals surface area contributed by atoms with E-state index in [0.717, 1.165) is 11.8 Å². The van der Waals surface area contributed by atoms with Gasteiger partial charge in [-0.15, -0.1) is 11.6 Å². The van der Waals surface area contributed by atoms with Gasteiger partial charge >= 0.3 is 17.9 Å². The Morgan fingerprint density at radius 2 is 1.87 bits per heavy atom. The van der Waals surface area contributed by atoms with Crippen LogP contribution in [0, 0.1) is 0 Å². The lowest BCUT2D eigenvalue weighted by molar-refractivity contribution is -0.188. The van der Waals surface area contributed by atoms with Crippen LogP contribution in [0.5, 0.6) is 0 Å². The summed E-state index contributed by atoms with van der Waals surface area (Å²) < 4.78 is 14.9. The fourth-order valence-electron chi connectivity index (χ4n) is 2.39. The molecule has 130 valence electrons. The van der Waals surface area contributed by atoms with Crippen molar-refractivity contribution in [2.24, 2.45) is 0 Å². The summed E-state index contributed by atoms with van der Waals surface area (Å²) in [6.07, 6.45) is -0.0346. The van der Waals surface area contributed by atoms with Gasteiger partial charge in [0, 0.05) is 19.8 Å². The Hall–Kier alpha value is -1.83. The highest BCUT2D eigenvalue weighted by atomic mass is 35.5. The molecule has 0 aromatic heterocycles. The highest BCUT2D eigenvalue weighted by molar-refractivity contribution is 6.31. The van der Waals surface area contributed by atoms with Crippen molar-refractivity contribution in [1.29, 1.82) is 0 Å². The minimum absolute atomic E-state index is 0.0161. The predicted molar refractivity (Wildman–Crippen MR) is 78.4 cm³/mol. The van der Waals surface area contributed by atoms with Gasteiger partial charge in [-0.1, -0.05) is 0 Å². The number of nitrogens with zero attached hydrogens (tertiary/aromatic N) is 1. The first kappa shape index (κ1) is 19.2. The number of likely N-dealkylation sites (tertiary alicyclic amines) is 1. The van der Waals surface area contributed by atoms with Crippen LogP contribution in [0.2, 0.25) is 0 Å². The second-order valence-corrected chi connectivity index (χ2v) is 5.27. The first-order valence-corrected chi connectivity index (χ1v) is 7.68. The van der Waals surface area contributed by atoms with Gasteiger partial charge in [-0.2, -0.15) is 0 Å². The number of carbonyl (C=O) groups excluding carboxylic acids is 4. The Labute approximate surface area is 139 Å². The molecule has 0 aromatic rings. The van der Waals surface area contributed by atoms with E-state index in [9.17, 15) is 19.2 Å². The summed E-state index contributed by atoms with van der Waals surface area (Å²) in [6.45, 7) is 4.07. The highest BCUT2D eigenvalue weighted by Gasteiger charge is 2.57. The lowest BCUT2D eigenvalue weighted by atomic mass is 10.1. The highest BCUT2D eigenvalue weighted by Crippen LogP contribution is 2.38. The maximum absolute atomic E-state index is 12.1. The second kappa shape index (κ2) is 8.14. The van der Waals surface area contributed by atoms with Crippen molar-refractivity contribution >= 4 is 35.4 Å². The van der Waals surface area contributed by atoms with Crippen molar-refractivity contribution in [1.82, 2.24) is 4.90 Å². The lowest BCUT2D eigenvalue weighted by Crippen LogP contribution is -2.59. The minimum Gasteiger partial charge on any atom is -0.465 e. The Morgan fingerprint density at radius 1 is 1.26 bits per heavy atom. The maximum Gasteiger partial charge on any atom is 0.330 e. The number of ether oxygens (including phenoxy) is 3. The van der Waals surface area contributed by atoms with E-state index in [1.165, 1.54) is 0 Å². The van der Waals surface area contributed by atoms with Crippen LogP contribution in [-0.4, -0.2) is 59.6 Å². The number of hydrogen-bond donors (Lipinski definition) is 0. The molecule has 2 atom stereocenters. The van der Waals surface area contributed by atoms with Gasteiger partial charge in [-0.25, -0.2) is 0 Å². The number of halogens is 1. The van der Waals surface area contributed by atoms with Gasteiger partial charge in [-0.3, -0.25) is 24.1 Å². The van der Waals surface area contributed by atoms with Crippen molar-refractivity contribution in [3.8, 4) is 0 Å². The van der Waals surface area contributed by atoms with E-state index in [1.54, 1.807) is 13.8 Å². The first-order chi connectivity index (χ1) is 10.8. The summed E-state index contributed by atoms with van der Waals surface area (Å²) in [5, 5.41) is -1.45. The van der Waals surface area contributed by atoms with Gasteiger partial charge in [0.1, 0.15) is 6.54 Å². The average molecular weight is 350 g/mol. The van der Waals surface area contributed by atoms with Crippen molar-refractivity contribution in [3.63, 3.8) is 0 Å². The SMILES string of the molecule is CCOC(=O)CN1C(=O)CCC1(OC(C)=O)C(Cl)C(=O)OCC. The smallest absolute Gasteiger partial charge is 0.330 e. The van der Waals surface area contributed by atoms with Gasteiger partial charge in [0.2, 0.25) is 11.6 Å². The molecule has 1 aliphatic heterocycles. The molecule has 0 aromatic carbocycles. The molecule has 0 aliphatic carbocycles. The van der Waals surface area contributed by atoms with Crippen molar-refractivity contribution < 1.29 is 33.4 Å². The molecule has 1 amide bonds. The molecular formula is C14H20ClNO7. The molecule has 1 heterocycles. The molecule has 0 N–H and O–H groups in total. The Bertz CT molecular complexity index is 496. The summed E-state index contributed by atoms with van der Waals surface area (Å²) in [6, 6.07) is 0. The Morgan fingerprint density at radius 3 is 2.39 bits per heavy atom. The molecule has 2 unspecified atom stereocenters. The Kier molecular flexibility index (Phi) is 6.80. The standard InChI is InChI=1S/C14H20ClNO7/c1-4-21-11(19)8-16-10(18)6-7-14(16,23-9(3)17)12(15)13(20)22-5-2/h12H,4-8H2,1-3H3. The minimum atomic E-state index is -1.76. The van der Waals surface area contributed by atoms with Gasteiger partial charge < -0.3 is 14.2 Å². The van der Waals surface area contributed by atoms with Gasteiger partial charge in [0.25, 0.3) is 0 Å². The lowest BCUT2D eigenvalue weighted by Gasteiger charge is -2.38. The average Bonchev–Trinajstić information content (AvgIpc) is 2.76. The summed E-state index contributed by atoms with van der Waals surface area (Å²) in [5.74, 6) is -2.72. The molecule has 1 aliphatic rings. The monoisotopic (exact) mass is 349 g/mol. The summed E-state index contributed by atoms with van der Waals surface area (Å²) >= 11 is 6.14. The number of alkyl halides is 1. The van der Waals surface area contributed by atoms with Crippen LogP contribution in [-0.2, 0) is 33.4 Å². The molecule has 1 fully saturated rings. The molecule has 1 saturated heterocycles. The summed E-state index contributed by atoms with van der Waals surface area (Å²) in [7, 11) is 0. The zero-order chi connectivity index (χ0) is 17.6. The first-order valence-electron chi connectivity index (χ1n) is 7.24. The fraction of sp³-hybridized carbons (Fsp3) is 0.714. The van der Waals surface area contributed by atoms with Crippen LogP contribution in [0.4, 0.5) is 0 Å². The molecule has 0 spiro atoms. The number of hydrogen-bond acceptors (Lipinski definition) is 7. The van der Waals surface area contributed by atoms with Crippen LogP contribution in [0.3, 0.4) is 0 Å². The second-order valence-electron chi connectivity index (χ2n) is 4.84. The molecular weight excluding hydrogens is 330 g/mol. The van der Waals surface area contributed by atoms with Gasteiger partial charge in [0.05, 0.1) is 13.2 Å². The molecule has 0 bridgehead atoms. The Balaban J connectivity index is 3.14. The van der Waals surface area contributed by atoms with Gasteiger partial charge in [-0.05, 0) is 13.8 Å². The fourth-order valence-corrected chi connectivity index (χ4v) is 2.73. The van der Waals surface area contributed by atoms with E-state index in [0.29, 0.717) is 0 Å². The predicted octanol–water partition coefficient (Wildman–Crippen LogP) is 0.602.